The van der Waals surface area contributed by atoms with Crippen molar-refractivity contribution in [3.05, 3.63) is 71.4 Å². The van der Waals surface area contributed by atoms with Gasteiger partial charge in [0.15, 0.2) is 0 Å². The van der Waals surface area contributed by atoms with Crippen molar-refractivity contribution >= 4 is 28.5 Å². The summed E-state index contributed by atoms with van der Waals surface area (Å²) in [7, 11) is 0. The zero-order valence-electron chi connectivity index (χ0n) is 16.0. The van der Waals surface area contributed by atoms with Gasteiger partial charge in [-0.2, -0.15) is 0 Å². The van der Waals surface area contributed by atoms with Crippen molar-refractivity contribution in [1.29, 1.82) is 0 Å². The number of fused-ring (bicyclic) bond motifs is 1. The van der Waals surface area contributed by atoms with Crippen LogP contribution >= 0.6 is 0 Å². The lowest BCUT2D eigenvalue weighted by Gasteiger charge is -2.22. The van der Waals surface area contributed by atoms with E-state index in [1.807, 2.05) is 0 Å². The van der Waals surface area contributed by atoms with Gasteiger partial charge in [0.25, 0.3) is 5.91 Å². The van der Waals surface area contributed by atoms with Crippen molar-refractivity contribution in [2.45, 2.75) is 18.8 Å². The number of nitrogens with zero attached hydrogens (tertiary/aromatic N) is 1. The SMILES string of the molecule is NC(=O)c1cccc2c(N)c(C(=O)O)cnc12.c1ccc(C2CCNCC2)cc1. The van der Waals surface area contributed by atoms with Crippen LogP contribution in [0.15, 0.2) is 54.7 Å². The molecule has 0 aliphatic carbocycles. The number of pyridine rings is 1. The highest BCUT2D eigenvalue weighted by Crippen LogP contribution is 2.25. The minimum atomic E-state index is -1.17. The van der Waals surface area contributed by atoms with E-state index in [0.717, 1.165) is 12.1 Å². The topological polar surface area (TPSA) is 131 Å². The number of carboxylic acids is 1. The molecule has 1 aliphatic rings. The Balaban J connectivity index is 0.000000176. The summed E-state index contributed by atoms with van der Waals surface area (Å²) < 4.78 is 0. The summed E-state index contributed by atoms with van der Waals surface area (Å²) in [6, 6.07) is 15.5. The van der Waals surface area contributed by atoms with Crippen LogP contribution in [-0.4, -0.2) is 35.1 Å². The van der Waals surface area contributed by atoms with Crippen LogP contribution in [0.4, 0.5) is 5.69 Å². The summed E-state index contributed by atoms with van der Waals surface area (Å²) >= 11 is 0. The van der Waals surface area contributed by atoms with E-state index < -0.39 is 11.9 Å². The molecule has 1 fully saturated rings. The summed E-state index contributed by atoms with van der Waals surface area (Å²) in [4.78, 5) is 26.0. The Bertz CT molecular complexity index is 1020. The van der Waals surface area contributed by atoms with E-state index in [2.05, 4.69) is 40.6 Å². The second-order valence-corrected chi connectivity index (χ2v) is 6.89. The van der Waals surface area contributed by atoms with Crippen LogP contribution in [0.3, 0.4) is 0 Å². The lowest BCUT2D eigenvalue weighted by atomic mass is 9.90. The maximum Gasteiger partial charge on any atom is 0.339 e. The Morgan fingerprint density at radius 3 is 2.31 bits per heavy atom. The Hall–Kier alpha value is -3.45. The van der Waals surface area contributed by atoms with E-state index in [4.69, 9.17) is 16.6 Å². The van der Waals surface area contributed by atoms with Gasteiger partial charge in [-0.1, -0.05) is 42.5 Å². The molecule has 7 heteroatoms. The highest BCUT2D eigenvalue weighted by atomic mass is 16.4. The summed E-state index contributed by atoms with van der Waals surface area (Å²) in [6.45, 7) is 2.36. The van der Waals surface area contributed by atoms with Gasteiger partial charge in [0.1, 0.15) is 5.56 Å². The maximum absolute atomic E-state index is 11.2. The highest BCUT2D eigenvalue weighted by Gasteiger charge is 2.15. The molecular formula is C22H24N4O3. The number of carbonyl (C=O) groups is 2. The summed E-state index contributed by atoms with van der Waals surface area (Å²) in [5.41, 5.74) is 12.9. The first-order valence-corrected chi connectivity index (χ1v) is 9.45. The minimum Gasteiger partial charge on any atom is -0.478 e. The lowest BCUT2D eigenvalue weighted by molar-refractivity contribution is 0.0697. The summed E-state index contributed by atoms with van der Waals surface area (Å²) in [6.07, 6.45) is 3.71. The normalized spacial score (nSPS) is 14.1. The molecule has 0 atom stereocenters. The van der Waals surface area contributed by atoms with Gasteiger partial charge in [0.05, 0.1) is 16.8 Å². The van der Waals surface area contributed by atoms with Gasteiger partial charge in [0, 0.05) is 11.6 Å². The molecule has 4 rings (SSSR count). The molecular weight excluding hydrogens is 368 g/mol. The van der Waals surface area contributed by atoms with Gasteiger partial charge >= 0.3 is 5.97 Å². The average Bonchev–Trinajstić information content (AvgIpc) is 2.75. The number of nitrogens with two attached hydrogens (primary N) is 2. The first kappa shape index (κ1) is 20.3. The van der Waals surface area contributed by atoms with Crippen LogP contribution in [0.5, 0.6) is 0 Å². The molecule has 3 aromatic rings. The summed E-state index contributed by atoms with van der Waals surface area (Å²) in [5, 5.41) is 12.7. The molecule has 6 N–H and O–H groups in total. The fraction of sp³-hybridized carbons (Fsp3) is 0.227. The number of hydrogen-bond donors (Lipinski definition) is 4. The van der Waals surface area contributed by atoms with Crippen molar-refractivity contribution in [1.82, 2.24) is 10.3 Å². The molecule has 0 radical (unpaired) electrons. The molecule has 0 spiro atoms. The van der Waals surface area contributed by atoms with Crippen LogP contribution < -0.4 is 16.8 Å². The number of benzene rings is 2. The quantitative estimate of drug-likeness (QED) is 0.542. The van der Waals surface area contributed by atoms with E-state index in [1.54, 1.807) is 12.1 Å². The molecule has 7 nitrogen and oxygen atoms in total. The van der Waals surface area contributed by atoms with Gasteiger partial charge in [0.2, 0.25) is 0 Å². The third-order valence-electron chi connectivity index (χ3n) is 5.05. The molecule has 29 heavy (non-hydrogen) atoms. The van der Waals surface area contributed by atoms with Crippen molar-refractivity contribution in [3.8, 4) is 0 Å². The van der Waals surface area contributed by atoms with Crippen LogP contribution in [-0.2, 0) is 0 Å². The van der Waals surface area contributed by atoms with Crippen molar-refractivity contribution in [3.63, 3.8) is 0 Å². The number of aromatic nitrogens is 1. The largest absolute Gasteiger partial charge is 0.478 e. The van der Waals surface area contributed by atoms with Gasteiger partial charge in [-0.3, -0.25) is 9.78 Å². The lowest BCUT2D eigenvalue weighted by Crippen LogP contribution is -2.26. The van der Waals surface area contributed by atoms with E-state index in [9.17, 15) is 9.59 Å². The fourth-order valence-corrected chi connectivity index (χ4v) is 3.49. The fourth-order valence-electron chi connectivity index (χ4n) is 3.49. The number of primary amides is 1. The predicted molar refractivity (Wildman–Crippen MR) is 113 cm³/mol. The molecule has 2 aromatic carbocycles. The molecule has 1 aliphatic heterocycles. The minimum absolute atomic E-state index is 0.0746. The molecule has 1 amide bonds. The number of nitrogens with one attached hydrogen (secondary N) is 1. The number of carbonyl (C=O) groups excluding carboxylic acids is 1. The van der Waals surface area contributed by atoms with E-state index in [0.29, 0.717) is 10.9 Å². The van der Waals surface area contributed by atoms with Gasteiger partial charge in [-0.25, -0.2) is 4.79 Å². The van der Waals surface area contributed by atoms with Crippen LogP contribution in [0.1, 0.15) is 45.0 Å². The second kappa shape index (κ2) is 9.16. The first-order chi connectivity index (χ1) is 14.0. The second-order valence-electron chi connectivity index (χ2n) is 6.89. The van der Waals surface area contributed by atoms with Crippen molar-refractivity contribution in [2.75, 3.05) is 18.8 Å². The Morgan fingerprint density at radius 1 is 1.00 bits per heavy atom. The standard InChI is InChI=1S/C11H9N3O3.C11H15N/c12-8-5-2-1-3-6(10(13)15)9(5)14-4-7(8)11(16)17;1-2-4-10(5-3-1)11-6-8-12-9-7-11/h1-4H,(H2,12,14)(H2,13,15)(H,16,17);1-5,11-12H,6-9H2. The van der Waals surface area contributed by atoms with Crippen molar-refractivity contribution < 1.29 is 14.7 Å². The molecule has 0 bridgehead atoms. The number of amides is 1. The number of carboxylic acid groups (broad SMARTS) is 1. The summed E-state index contributed by atoms with van der Waals surface area (Å²) in [5.74, 6) is -1.00. The monoisotopic (exact) mass is 392 g/mol. The maximum atomic E-state index is 11.2. The number of hydrogen-bond acceptors (Lipinski definition) is 5. The van der Waals surface area contributed by atoms with E-state index in [1.165, 1.54) is 37.6 Å². The van der Waals surface area contributed by atoms with Crippen molar-refractivity contribution in [2.24, 2.45) is 5.73 Å². The van der Waals surface area contributed by atoms with E-state index in [-0.39, 0.29) is 16.8 Å². The Kier molecular flexibility index (Phi) is 6.41. The number of anilines is 1. The third kappa shape index (κ3) is 4.70. The van der Waals surface area contributed by atoms with Gasteiger partial charge in [-0.05, 0) is 43.5 Å². The molecule has 2 heterocycles. The number of aromatic carboxylic acids is 1. The number of nitrogen functional groups attached to an aromatic ring is 1. The smallest absolute Gasteiger partial charge is 0.339 e. The zero-order chi connectivity index (χ0) is 20.8. The van der Waals surface area contributed by atoms with E-state index >= 15 is 0 Å². The number of rotatable bonds is 3. The zero-order valence-corrected chi connectivity index (χ0v) is 16.0. The average molecular weight is 392 g/mol. The molecule has 1 aromatic heterocycles. The van der Waals surface area contributed by atoms with Crippen LogP contribution in [0.25, 0.3) is 10.9 Å². The molecule has 150 valence electrons. The highest BCUT2D eigenvalue weighted by molar-refractivity contribution is 6.10. The molecule has 0 saturated carbocycles. The molecule has 0 unspecified atom stereocenters. The third-order valence-corrected chi connectivity index (χ3v) is 5.05. The van der Waals surface area contributed by atoms with Crippen LogP contribution in [0, 0.1) is 0 Å². The Morgan fingerprint density at radius 2 is 1.69 bits per heavy atom. The number of piperidine rings is 1. The Labute approximate surface area is 168 Å². The van der Waals surface area contributed by atoms with Gasteiger partial charge in [-0.15, -0.1) is 0 Å². The predicted octanol–water partition coefficient (Wildman–Crippen LogP) is 2.77. The first-order valence-electron chi connectivity index (χ1n) is 9.45. The van der Waals surface area contributed by atoms with Gasteiger partial charge < -0.3 is 21.9 Å². The van der Waals surface area contributed by atoms with Crippen LogP contribution in [0.2, 0.25) is 0 Å². The number of para-hydroxylation sites is 1. The molecule has 1 saturated heterocycles.